The Morgan fingerprint density at radius 2 is 1.62 bits per heavy atom. The minimum atomic E-state index is 0. The van der Waals surface area contributed by atoms with Gasteiger partial charge in [-0.1, -0.05) is 67.3 Å². The molecule has 0 N–H and O–H groups in total. The van der Waals surface area contributed by atoms with Gasteiger partial charge >= 0.3 is 0 Å². The maximum absolute atomic E-state index is 3.58. The fourth-order valence-corrected chi connectivity index (χ4v) is 0.874. The Morgan fingerprint density at radius 3 is 2.23 bits per heavy atom. The number of benzene rings is 1. The summed E-state index contributed by atoms with van der Waals surface area (Å²) in [5.41, 5.74) is 1.21. The molecular weight excluding hydrogens is 366 g/mol. The topological polar surface area (TPSA) is 0 Å². The van der Waals surface area contributed by atoms with E-state index in [1.54, 1.807) is 6.08 Å². The summed E-state index contributed by atoms with van der Waals surface area (Å²) in [5, 5.41) is 0. The van der Waals surface area contributed by atoms with Gasteiger partial charge in [-0.05, 0) is 5.56 Å². The molecule has 0 atom stereocenters. The molecule has 0 bridgehead atoms. The molecule has 1 rings (SSSR count). The SMILES string of the molecule is C=CC=CC=Cc1ccccc1.[Rn]. The number of rotatable bonds is 3. The van der Waals surface area contributed by atoms with Crippen LogP contribution in [-0.4, -0.2) is 0 Å². The quantitative estimate of drug-likeness (QED) is 0.707. The van der Waals surface area contributed by atoms with Gasteiger partial charge in [-0.25, -0.2) is 0 Å². The second-order valence-corrected chi connectivity index (χ2v) is 2.39. The van der Waals surface area contributed by atoms with Crippen LogP contribution in [0.2, 0.25) is 0 Å². The molecule has 0 radical (unpaired) electrons. The molecule has 0 aromatic heterocycles. The van der Waals surface area contributed by atoms with Gasteiger partial charge in [0, 0.05) is 71.9 Å². The van der Waals surface area contributed by atoms with Crippen molar-refractivity contribution in [3.8, 4) is 0 Å². The van der Waals surface area contributed by atoms with Crippen molar-refractivity contribution >= 4 is 6.08 Å². The molecule has 13 heavy (non-hydrogen) atoms. The molecule has 0 heterocycles. The number of hydrogen-bond acceptors (Lipinski definition) is 0. The largest absolute Gasteiger partial charge is 0.0991 e. The van der Waals surface area contributed by atoms with Crippen LogP contribution in [0.15, 0.2) is 61.2 Å². The number of allylic oxidation sites excluding steroid dienone is 4. The molecule has 0 nitrogen and oxygen atoms in total. The summed E-state index contributed by atoms with van der Waals surface area (Å²) in [6, 6.07) is 10.2. The molecule has 0 spiro atoms. The third kappa shape index (κ3) is 6.60. The molecule has 1 aromatic rings. The van der Waals surface area contributed by atoms with Gasteiger partial charge in [-0.2, -0.15) is 0 Å². The molecular formula is C12H12Rn. The van der Waals surface area contributed by atoms with Crippen molar-refractivity contribution in [2.45, 2.75) is 0 Å². The normalized spacial score (nSPS) is 10.2. The molecule has 0 aliphatic carbocycles. The maximum atomic E-state index is 3.58. The molecule has 0 amide bonds. The Kier molecular flexibility index (Phi) is 9.52. The van der Waals surface area contributed by atoms with Crippen molar-refractivity contribution in [2.75, 3.05) is 0 Å². The van der Waals surface area contributed by atoms with E-state index < -0.39 is 0 Å². The number of hydrogen-bond donors (Lipinski definition) is 0. The van der Waals surface area contributed by atoms with Crippen LogP contribution < -0.4 is 0 Å². The van der Waals surface area contributed by atoms with E-state index in [-0.39, 0.29) is 71.9 Å². The predicted octanol–water partition coefficient (Wildman–Crippen LogP) is 3.44. The second kappa shape index (κ2) is 9.13. The first-order valence-electron chi connectivity index (χ1n) is 3.94. The van der Waals surface area contributed by atoms with Gasteiger partial charge in [0.25, 0.3) is 0 Å². The van der Waals surface area contributed by atoms with E-state index in [0.29, 0.717) is 0 Å². The van der Waals surface area contributed by atoms with Crippen molar-refractivity contribution in [3.05, 3.63) is 66.8 Å². The van der Waals surface area contributed by atoms with Gasteiger partial charge in [0.2, 0.25) is 0 Å². The van der Waals surface area contributed by atoms with Gasteiger partial charge in [0.05, 0.1) is 0 Å². The van der Waals surface area contributed by atoms with Gasteiger partial charge in [0.15, 0.2) is 0 Å². The van der Waals surface area contributed by atoms with Gasteiger partial charge in [-0.3, -0.25) is 0 Å². The van der Waals surface area contributed by atoms with Crippen LogP contribution in [-0.2, 0) is 0 Å². The van der Waals surface area contributed by atoms with Crippen LogP contribution in [0.4, 0.5) is 0 Å². The van der Waals surface area contributed by atoms with Crippen molar-refractivity contribution < 1.29 is 71.9 Å². The van der Waals surface area contributed by atoms with Crippen LogP contribution >= 0.6 is 0 Å². The summed E-state index contributed by atoms with van der Waals surface area (Å²) >= 11 is 0. The summed E-state index contributed by atoms with van der Waals surface area (Å²) in [4.78, 5) is 0. The smallest absolute Gasteiger partial charge is 0 e. The van der Waals surface area contributed by atoms with Crippen LogP contribution in [0.3, 0.4) is 0 Å². The summed E-state index contributed by atoms with van der Waals surface area (Å²) in [6.07, 6.45) is 9.67. The fraction of sp³-hybridized carbons (Fsp3) is 0. The van der Waals surface area contributed by atoms with Gasteiger partial charge in [0.1, 0.15) is 0 Å². The fourth-order valence-electron chi connectivity index (χ4n) is 0.874. The molecule has 0 saturated heterocycles. The monoisotopic (exact) mass is 378 g/mol. The van der Waals surface area contributed by atoms with E-state index in [0.717, 1.165) is 0 Å². The zero-order valence-electron chi connectivity index (χ0n) is 7.33. The van der Waals surface area contributed by atoms with Gasteiger partial charge in [-0.15, -0.1) is 0 Å². The maximum Gasteiger partial charge on any atom is 0 e. The van der Waals surface area contributed by atoms with Crippen molar-refractivity contribution in [1.29, 1.82) is 0 Å². The van der Waals surface area contributed by atoms with Crippen molar-refractivity contribution in [3.63, 3.8) is 0 Å². The third-order valence-corrected chi connectivity index (χ3v) is 1.45. The Balaban J connectivity index is 0.00000144. The van der Waals surface area contributed by atoms with E-state index >= 15 is 0 Å². The van der Waals surface area contributed by atoms with Crippen LogP contribution in [0.5, 0.6) is 0 Å². The average Bonchev–Trinajstić information content (AvgIpc) is 2.14. The molecule has 0 aliphatic heterocycles. The summed E-state index contributed by atoms with van der Waals surface area (Å²) in [5.74, 6) is 0. The summed E-state index contributed by atoms with van der Waals surface area (Å²) in [6.45, 7) is 3.58. The zero-order chi connectivity index (χ0) is 8.65. The van der Waals surface area contributed by atoms with Crippen molar-refractivity contribution in [1.82, 2.24) is 0 Å². The van der Waals surface area contributed by atoms with E-state index in [1.807, 2.05) is 36.4 Å². The molecule has 0 saturated carbocycles. The van der Waals surface area contributed by atoms with Crippen molar-refractivity contribution in [2.24, 2.45) is 0 Å². The molecule has 1 heteroatoms. The van der Waals surface area contributed by atoms with E-state index in [4.69, 9.17) is 0 Å². The van der Waals surface area contributed by atoms with Crippen LogP contribution in [0.25, 0.3) is 6.08 Å². The Bertz CT molecular complexity index is 283. The minimum Gasteiger partial charge on any atom is -0.0991 e. The molecule has 0 unspecified atom stereocenters. The first kappa shape index (κ1) is 13.6. The molecule has 1 aromatic carbocycles. The first-order chi connectivity index (χ1) is 5.93. The zero-order valence-corrected chi connectivity index (χ0v) is 10.1. The Labute approximate surface area is 142 Å². The van der Waals surface area contributed by atoms with E-state index in [9.17, 15) is 0 Å². The Morgan fingerprint density at radius 1 is 0.923 bits per heavy atom. The standard InChI is InChI=1S/C12H12.Rn/c1-2-3-4-6-9-12-10-7-5-8-11-12;/h2-11H,1H2;. The Hall–Kier alpha value is 0.557. The molecule has 68 valence electrons. The van der Waals surface area contributed by atoms with Crippen LogP contribution in [0, 0.1) is 71.9 Å². The average molecular weight is 378 g/mol. The minimum absolute atomic E-state index is 0. The predicted molar refractivity (Wildman–Crippen MR) is 54.8 cm³/mol. The summed E-state index contributed by atoms with van der Waals surface area (Å²) < 4.78 is 0. The molecule has 0 aliphatic rings. The summed E-state index contributed by atoms with van der Waals surface area (Å²) in [7, 11) is 0. The van der Waals surface area contributed by atoms with Crippen LogP contribution in [0.1, 0.15) is 5.56 Å². The third-order valence-electron chi connectivity index (χ3n) is 1.45. The molecule has 0 fully saturated rings. The van der Waals surface area contributed by atoms with E-state index in [2.05, 4.69) is 24.8 Å². The second-order valence-electron chi connectivity index (χ2n) is 2.39. The van der Waals surface area contributed by atoms with Gasteiger partial charge < -0.3 is 0 Å². The van der Waals surface area contributed by atoms with E-state index in [1.165, 1.54) is 5.56 Å². The first-order valence-corrected chi connectivity index (χ1v) is 3.94.